The molecule has 0 bridgehead atoms. The van der Waals surface area contributed by atoms with Crippen LogP contribution in [0.5, 0.6) is 0 Å². The highest BCUT2D eigenvalue weighted by atomic mass is 35.5. The highest BCUT2D eigenvalue weighted by molar-refractivity contribution is 6.17. The van der Waals surface area contributed by atoms with Crippen LogP contribution in [-0.4, -0.2) is 18.3 Å². The summed E-state index contributed by atoms with van der Waals surface area (Å²) in [6.07, 6.45) is 3.49. The van der Waals surface area contributed by atoms with Crippen molar-refractivity contribution in [2.24, 2.45) is 0 Å². The summed E-state index contributed by atoms with van der Waals surface area (Å²) in [4.78, 5) is 11.6. The summed E-state index contributed by atoms with van der Waals surface area (Å²) in [6, 6.07) is 1.66. The lowest BCUT2D eigenvalue weighted by atomic mass is 10.1. The number of nitrogens with one attached hydrogen (secondary N) is 1. The van der Waals surface area contributed by atoms with Gasteiger partial charge in [-0.15, -0.1) is 11.6 Å². The van der Waals surface area contributed by atoms with E-state index in [1.807, 2.05) is 0 Å². The van der Waals surface area contributed by atoms with E-state index in [9.17, 15) is 18.0 Å². The van der Waals surface area contributed by atoms with Gasteiger partial charge in [0.25, 0.3) is 5.91 Å². The van der Waals surface area contributed by atoms with Gasteiger partial charge in [0.2, 0.25) is 0 Å². The zero-order chi connectivity index (χ0) is 14.3. The molecule has 0 aliphatic rings. The van der Waals surface area contributed by atoms with Gasteiger partial charge >= 0.3 is 0 Å². The van der Waals surface area contributed by atoms with Crippen molar-refractivity contribution < 1.29 is 18.0 Å². The average Bonchev–Trinajstić information content (AvgIpc) is 2.40. The predicted molar refractivity (Wildman–Crippen MR) is 67.8 cm³/mol. The third-order valence-corrected chi connectivity index (χ3v) is 2.89. The SMILES string of the molecule is O=C(NCCCCCCCl)c1ccc(F)c(F)c1F. The molecule has 6 heteroatoms. The minimum absolute atomic E-state index is 0.361. The fourth-order valence-electron chi connectivity index (χ4n) is 1.57. The van der Waals surface area contributed by atoms with Crippen molar-refractivity contribution in [1.29, 1.82) is 0 Å². The summed E-state index contributed by atoms with van der Waals surface area (Å²) in [7, 11) is 0. The van der Waals surface area contributed by atoms with Crippen LogP contribution in [0.25, 0.3) is 0 Å². The third kappa shape index (κ3) is 4.74. The van der Waals surface area contributed by atoms with Crippen molar-refractivity contribution in [2.75, 3.05) is 12.4 Å². The van der Waals surface area contributed by atoms with Crippen LogP contribution >= 0.6 is 11.6 Å². The van der Waals surface area contributed by atoms with Crippen LogP contribution in [0.3, 0.4) is 0 Å². The number of alkyl halides is 1. The smallest absolute Gasteiger partial charge is 0.254 e. The molecule has 0 saturated carbocycles. The maximum atomic E-state index is 13.3. The Balaban J connectivity index is 2.44. The molecule has 0 heterocycles. The second-order valence-corrected chi connectivity index (χ2v) is 4.46. The Morgan fingerprint density at radius 1 is 1.05 bits per heavy atom. The van der Waals surface area contributed by atoms with Crippen LogP contribution in [0.15, 0.2) is 12.1 Å². The summed E-state index contributed by atoms with van der Waals surface area (Å²) in [6.45, 7) is 0.361. The van der Waals surface area contributed by atoms with Gasteiger partial charge in [0.1, 0.15) is 0 Å². The molecule has 106 valence electrons. The Labute approximate surface area is 114 Å². The predicted octanol–water partition coefficient (Wildman–Crippen LogP) is 3.63. The molecule has 0 aromatic heterocycles. The van der Waals surface area contributed by atoms with E-state index in [1.165, 1.54) is 0 Å². The number of hydrogen-bond acceptors (Lipinski definition) is 1. The quantitative estimate of drug-likeness (QED) is 0.464. The van der Waals surface area contributed by atoms with Gasteiger partial charge in [0.05, 0.1) is 5.56 Å². The van der Waals surface area contributed by atoms with E-state index in [-0.39, 0.29) is 0 Å². The Morgan fingerprint density at radius 2 is 1.74 bits per heavy atom. The standard InChI is InChI=1S/C13H15ClF3NO/c14-7-3-1-2-4-8-18-13(19)9-5-6-10(15)12(17)11(9)16/h5-6H,1-4,7-8H2,(H,18,19). The summed E-state index contributed by atoms with van der Waals surface area (Å²) >= 11 is 5.51. The van der Waals surface area contributed by atoms with Gasteiger partial charge in [0.15, 0.2) is 17.5 Å². The van der Waals surface area contributed by atoms with Gasteiger partial charge in [-0.3, -0.25) is 4.79 Å². The fraction of sp³-hybridized carbons (Fsp3) is 0.462. The number of benzene rings is 1. The summed E-state index contributed by atoms with van der Waals surface area (Å²) in [5.74, 6) is -4.54. The van der Waals surface area contributed by atoms with Crippen LogP contribution in [0.2, 0.25) is 0 Å². The Morgan fingerprint density at radius 3 is 2.42 bits per heavy atom. The maximum absolute atomic E-state index is 13.3. The minimum Gasteiger partial charge on any atom is -0.352 e. The molecule has 0 aliphatic carbocycles. The monoisotopic (exact) mass is 293 g/mol. The fourth-order valence-corrected chi connectivity index (χ4v) is 1.76. The van der Waals surface area contributed by atoms with E-state index in [2.05, 4.69) is 5.32 Å². The topological polar surface area (TPSA) is 29.1 Å². The lowest BCUT2D eigenvalue weighted by molar-refractivity contribution is 0.0947. The Hall–Kier alpha value is -1.23. The first kappa shape index (κ1) is 15.8. The van der Waals surface area contributed by atoms with Gasteiger partial charge < -0.3 is 5.32 Å². The van der Waals surface area contributed by atoms with Crippen molar-refractivity contribution in [3.63, 3.8) is 0 Å². The molecule has 19 heavy (non-hydrogen) atoms. The molecule has 1 aromatic rings. The molecule has 1 amide bonds. The van der Waals surface area contributed by atoms with E-state index < -0.39 is 28.9 Å². The van der Waals surface area contributed by atoms with Crippen LogP contribution in [0.4, 0.5) is 13.2 Å². The van der Waals surface area contributed by atoms with E-state index in [0.717, 1.165) is 37.8 Å². The van der Waals surface area contributed by atoms with Crippen molar-refractivity contribution in [3.05, 3.63) is 35.1 Å². The molecule has 1 rings (SSSR count). The molecule has 0 spiro atoms. The molecule has 1 N–H and O–H groups in total. The van der Waals surface area contributed by atoms with Gasteiger partial charge in [-0.05, 0) is 25.0 Å². The number of carbonyl (C=O) groups excluding carboxylic acids is 1. The van der Waals surface area contributed by atoms with E-state index in [1.54, 1.807) is 0 Å². The van der Waals surface area contributed by atoms with Crippen molar-refractivity contribution >= 4 is 17.5 Å². The average molecular weight is 294 g/mol. The third-order valence-electron chi connectivity index (χ3n) is 2.63. The summed E-state index contributed by atoms with van der Waals surface area (Å²) < 4.78 is 38.9. The lowest BCUT2D eigenvalue weighted by Crippen LogP contribution is -2.25. The summed E-state index contributed by atoms with van der Waals surface area (Å²) in [5.41, 5.74) is -0.486. The van der Waals surface area contributed by atoms with Crippen molar-refractivity contribution in [3.8, 4) is 0 Å². The number of carbonyl (C=O) groups is 1. The summed E-state index contributed by atoms with van der Waals surface area (Å²) in [5, 5.41) is 2.46. The zero-order valence-corrected chi connectivity index (χ0v) is 11.1. The number of halogens is 4. The maximum Gasteiger partial charge on any atom is 0.254 e. The van der Waals surface area contributed by atoms with Gasteiger partial charge in [-0.2, -0.15) is 0 Å². The van der Waals surface area contributed by atoms with Crippen LogP contribution < -0.4 is 5.32 Å². The van der Waals surface area contributed by atoms with Gasteiger partial charge in [-0.25, -0.2) is 13.2 Å². The number of hydrogen-bond donors (Lipinski definition) is 1. The number of amides is 1. The van der Waals surface area contributed by atoms with E-state index in [4.69, 9.17) is 11.6 Å². The van der Waals surface area contributed by atoms with Gasteiger partial charge in [-0.1, -0.05) is 12.8 Å². The molecule has 2 nitrogen and oxygen atoms in total. The van der Waals surface area contributed by atoms with E-state index >= 15 is 0 Å². The molecular formula is C13H15ClF3NO. The second kappa shape index (κ2) is 8.04. The minimum atomic E-state index is -1.63. The largest absolute Gasteiger partial charge is 0.352 e. The molecule has 0 unspecified atom stereocenters. The highest BCUT2D eigenvalue weighted by Crippen LogP contribution is 2.15. The Kier molecular flexibility index (Phi) is 6.70. The molecule has 1 aromatic carbocycles. The first-order valence-corrected chi connectivity index (χ1v) is 6.59. The molecule has 0 atom stereocenters. The number of rotatable bonds is 7. The molecule has 0 saturated heterocycles. The molecular weight excluding hydrogens is 279 g/mol. The lowest BCUT2D eigenvalue weighted by Gasteiger charge is -2.06. The second-order valence-electron chi connectivity index (χ2n) is 4.08. The molecule has 0 aliphatic heterocycles. The first-order valence-electron chi connectivity index (χ1n) is 6.05. The first-order chi connectivity index (χ1) is 9.07. The number of unbranched alkanes of at least 4 members (excludes halogenated alkanes) is 3. The molecule has 0 radical (unpaired) electrons. The van der Waals surface area contributed by atoms with E-state index in [0.29, 0.717) is 12.4 Å². The van der Waals surface area contributed by atoms with Crippen LogP contribution in [0.1, 0.15) is 36.0 Å². The van der Waals surface area contributed by atoms with Crippen molar-refractivity contribution in [1.82, 2.24) is 5.32 Å². The van der Waals surface area contributed by atoms with Crippen LogP contribution in [0, 0.1) is 17.5 Å². The zero-order valence-electron chi connectivity index (χ0n) is 10.3. The van der Waals surface area contributed by atoms with Gasteiger partial charge in [0, 0.05) is 12.4 Å². The Bertz CT molecular complexity index is 440. The van der Waals surface area contributed by atoms with Crippen molar-refractivity contribution in [2.45, 2.75) is 25.7 Å². The van der Waals surface area contributed by atoms with Crippen LogP contribution in [-0.2, 0) is 0 Å². The molecule has 0 fully saturated rings. The normalized spacial score (nSPS) is 10.5. The highest BCUT2D eigenvalue weighted by Gasteiger charge is 2.18.